The number of carbonyl (C=O) groups excluding carboxylic acids is 1. The first kappa shape index (κ1) is 21.3. The zero-order valence-electron chi connectivity index (χ0n) is 15.1. The maximum Gasteiger partial charge on any atom is 0.418 e. The summed E-state index contributed by atoms with van der Waals surface area (Å²) >= 11 is 0. The van der Waals surface area contributed by atoms with Gasteiger partial charge in [0.2, 0.25) is 0 Å². The largest absolute Gasteiger partial charge is 0.418 e. The lowest BCUT2D eigenvalue weighted by Gasteiger charge is -2.17. The van der Waals surface area contributed by atoms with Gasteiger partial charge in [0.1, 0.15) is 10.7 Å². The Bertz CT molecular complexity index is 1180. The minimum absolute atomic E-state index is 0.190. The Kier molecular flexibility index (Phi) is 5.79. The van der Waals surface area contributed by atoms with Crippen LogP contribution >= 0.6 is 0 Å². The van der Waals surface area contributed by atoms with Gasteiger partial charge in [0.15, 0.2) is 0 Å². The monoisotopic (exact) mass is 438 g/mol. The normalized spacial score (nSPS) is 11.7. The number of rotatable bonds is 5. The minimum Gasteiger partial charge on any atom is -0.322 e. The van der Waals surface area contributed by atoms with Crippen molar-refractivity contribution in [1.82, 2.24) is 0 Å². The van der Waals surface area contributed by atoms with Gasteiger partial charge < -0.3 is 5.32 Å². The van der Waals surface area contributed by atoms with Crippen molar-refractivity contribution in [2.45, 2.75) is 11.1 Å². The van der Waals surface area contributed by atoms with Crippen molar-refractivity contribution < 1.29 is 30.8 Å². The summed E-state index contributed by atoms with van der Waals surface area (Å²) in [6.07, 6.45) is -4.94. The van der Waals surface area contributed by atoms with Gasteiger partial charge >= 0.3 is 6.18 Å². The summed E-state index contributed by atoms with van der Waals surface area (Å²) in [7, 11) is -4.62. The molecule has 5 nitrogen and oxygen atoms in total. The molecule has 0 saturated carbocycles. The van der Waals surface area contributed by atoms with E-state index in [0.717, 1.165) is 24.3 Å². The molecule has 0 aromatic heterocycles. The fraction of sp³-hybridized carbons (Fsp3) is 0.0500. The Balaban J connectivity index is 1.94. The van der Waals surface area contributed by atoms with Crippen LogP contribution in [0, 0.1) is 5.82 Å². The first-order valence-corrected chi connectivity index (χ1v) is 9.91. The maximum absolute atomic E-state index is 13.8. The molecule has 2 N–H and O–H groups in total. The zero-order chi connectivity index (χ0) is 21.9. The van der Waals surface area contributed by atoms with Crippen molar-refractivity contribution in [3.63, 3.8) is 0 Å². The van der Waals surface area contributed by atoms with Crippen LogP contribution in [0.5, 0.6) is 0 Å². The average molecular weight is 438 g/mol. The number of hydrogen-bond acceptors (Lipinski definition) is 3. The van der Waals surface area contributed by atoms with Crippen molar-refractivity contribution in [2.24, 2.45) is 0 Å². The summed E-state index contributed by atoms with van der Waals surface area (Å²) < 4.78 is 80.9. The second-order valence-corrected chi connectivity index (χ2v) is 7.77. The molecule has 3 aromatic carbocycles. The van der Waals surface area contributed by atoms with E-state index in [-0.39, 0.29) is 11.3 Å². The molecular formula is C20H14F4N2O3S. The van der Waals surface area contributed by atoms with E-state index in [4.69, 9.17) is 0 Å². The number of halogens is 4. The van der Waals surface area contributed by atoms with E-state index in [9.17, 15) is 30.8 Å². The van der Waals surface area contributed by atoms with E-state index in [0.29, 0.717) is 6.07 Å². The Labute approximate surface area is 169 Å². The Hall–Kier alpha value is -3.40. The van der Waals surface area contributed by atoms with Crippen molar-refractivity contribution in [2.75, 3.05) is 10.0 Å². The van der Waals surface area contributed by atoms with Crippen molar-refractivity contribution in [3.8, 4) is 0 Å². The van der Waals surface area contributed by atoms with Gasteiger partial charge in [0.05, 0.1) is 11.3 Å². The summed E-state index contributed by atoms with van der Waals surface area (Å²) in [5, 5.41) is 2.33. The third-order valence-electron chi connectivity index (χ3n) is 3.99. The van der Waals surface area contributed by atoms with Crippen LogP contribution < -0.4 is 10.0 Å². The molecule has 3 rings (SSSR count). The number of benzene rings is 3. The van der Waals surface area contributed by atoms with Gasteiger partial charge in [0.25, 0.3) is 15.9 Å². The van der Waals surface area contributed by atoms with Gasteiger partial charge in [-0.2, -0.15) is 13.2 Å². The molecule has 1 amide bonds. The molecule has 0 fully saturated rings. The average Bonchev–Trinajstić information content (AvgIpc) is 2.69. The van der Waals surface area contributed by atoms with Crippen LogP contribution in [0.25, 0.3) is 0 Å². The molecule has 0 heterocycles. The number of nitrogens with one attached hydrogen (secondary N) is 2. The van der Waals surface area contributed by atoms with Gasteiger partial charge in [-0.05, 0) is 42.5 Å². The Morgan fingerprint density at radius 2 is 1.50 bits per heavy atom. The Morgan fingerprint density at radius 1 is 0.867 bits per heavy atom. The molecule has 0 atom stereocenters. The number of hydrogen-bond donors (Lipinski definition) is 2. The number of sulfonamides is 1. The van der Waals surface area contributed by atoms with E-state index >= 15 is 0 Å². The van der Waals surface area contributed by atoms with E-state index in [1.165, 1.54) is 24.3 Å². The van der Waals surface area contributed by atoms with Crippen molar-refractivity contribution in [3.05, 3.63) is 89.7 Å². The van der Waals surface area contributed by atoms with E-state index in [2.05, 4.69) is 5.32 Å². The van der Waals surface area contributed by atoms with Gasteiger partial charge in [0, 0.05) is 11.3 Å². The summed E-state index contributed by atoms with van der Waals surface area (Å²) in [4.78, 5) is 11.4. The summed E-state index contributed by atoms with van der Waals surface area (Å²) in [6.45, 7) is 0. The number of carbonyl (C=O) groups is 1. The van der Waals surface area contributed by atoms with Gasteiger partial charge in [-0.25, -0.2) is 12.8 Å². The molecule has 156 valence electrons. The lowest BCUT2D eigenvalue weighted by Crippen LogP contribution is -2.19. The van der Waals surface area contributed by atoms with Crippen LogP contribution in [-0.2, 0) is 16.2 Å². The molecule has 0 spiro atoms. The zero-order valence-corrected chi connectivity index (χ0v) is 15.9. The van der Waals surface area contributed by atoms with Crippen LogP contribution in [0.3, 0.4) is 0 Å². The highest BCUT2D eigenvalue weighted by Gasteiger charge is 2.35. The first-order valence-electron chi connectivity index (χ1n) is 8.43. The van der Waals surface area contributed by atoms with Crippen molar-refractivity contribution in [1.29, 1.82) is 0 Å². The van der Waals surface area contributed by atoms with Crippen LogP contribution in [0.4, 0.5) is 28.9 Å². The van der Waals surface area contributed by atoms with Gasteiger partial charge in [-0.15, -0.1) is 0 Å². The molecule has 0 bridgehead atoms. The molecule has 0 unspecified atom stereocenters. The van der Waals surface area contributed by atoms with Crippen LogP contribution in [0.2, 0.25) is 0 Å². The maximum atomic E-state index is 13.8. The summed E-state index contributed by atoms with van der Waals surface area (Å²) in [5.41, 5.74) is -2.10. The van der Waals surface area contributed by atoms with E-state index in [1.54, 1.807) is 22.9 Å². The smallest absolute Gasteiger partial charge is 0.322 e. The lowest BCUT2D eigenvalue weighted by atomic mass is 10.1. The molecule has 3 aromatic rings. The molecule has 30 heavy (non-hydrogen) atoms. The lowest BCUT2D eigenvalue weighted by molar-refractivity contribution is -0.136. The molecule has 0 aliphatic heterocycles. The van der Waals surface area contributed by atoms with Gasteiger partial charge in [-0.1, -0.05) is 30.3 Å². The highest BCUT2D eigenvalue weighted by atomic mass is 32.2. The first-order chi connectivity index (χ1) is 14.1. The summed E-state index contributed by atoms with van der Waals surface area (Å²) in [5.74, 6) is -1.74. The number of anilines is 2. The second-order valence-electron chi connectivity index (χ2n) is 6.11. The van der Waals surface area contributed by atoms with Crippen LogP contribution in [0.15, 0.2) is 77.7 Å². The van der Waals surface area contributed by atoms with E-state index in [1.807, 2.05) is 0 Å². The second kappa shape index (κ2) is 8.15. The minimum atomic E-state index is -4.94. The molecule has 0 radical (unpaired) electrons. The SMILES string of the molecule is O=C(Nc1ccc(NS(=O)(=O)c2ccccc2F)c(C(F)(F)F)c1)c1ccccc1. The molecule has 0 aliphatic carbocycles. The summed E-state index contributed by atoms with van der Waals surface area (Å²) in [6, 6.07) is 14.7. The van der Waals surface area contributed by atoms with Crippen LogP contribution in [0.1, 0.15) is 15.9 Å². The topological polar surface area (TPSA) is 75.3 Å². The fourth-order valence-electron chi connectivity index (χ4n) is 2.60. The molecule has 10 heteroatoms. The third kappa shape index (κ3) is 4.77. The molecular weight excluding hydrogens is 424 g/mol. The molecule has 0 saturated heterocycles. The van der Waals surface area contributed by atoms with E-state index < -0.39 is 44.1 Å². The predicted octanol–water partition coefficient (Wildman–Crippen LogP) is 4.90. The quantitative estimate of drug-likeness (QED) is 0.557. The third-order valence-corrected chi connectivity index (χ3v) is 5.39. The van der Waals surface area contributed by atoms with Crippen LogP contribution in [-0.4, -0.2) is 14.3 Å². The van der Waals surface area contributed by atoms with Crippen molar-refractivity contribution >= 4 is 27.3 Å². The Morgan fingerprint density at radius 3 is 2.13 bits per heavy atom. The molecule has 0 aliphatic rings. The highest BCUT2D eigenvalue weighted by Crippen LogP contribution is 2.37. The fourth-order valence-corrected chi connectivity index (χ4v) is 3.76. The van der Waals surface area contributed by atoms with Gasteiger partial charge in [-0.3, -0.25) is 9.52 Å². The number of alkyl halides is 3. The highest BCUT2D eigenvalue weighted by molar-refractivity contribution is 7.92. The number of amides is 1. The standard InChI is InChI=1S/C20H14F4N2O3S/c21-16-8-4-5-9-18(16)30(28,29)26-17-11-10-14(12-15(17)20(22,23)24)25-19(27)13-6-2-1-3-7-13/h1-12,26H,(H,25,27). The predicted molar refractivity (Wildman–Crippen MR) is 103 cm³/mol.